The van der Waals surface area contributed by atoms with Gasteiger partial charge in [-0.1, -0.05) is 188 Å². The number of nitrogens with one attached hydrogen (secondary N) is 1. The van der Waals surface area contributed by atoms with Crippen LogP contribution in [0.4, 0.5) is 5.69 Å². The lowest BCUT2D eigenvalue weighted by Gasteiger charge is -2.32. The smallest absolute Gasteiger partial charge is 0.0692 e. The summed E-state index contributed by atoms with van der Waals surface area (Å²) >= 11 is 0. The molecule has 0 aromatic heterocycles. The van der Waals surface area contributed by atoms with Crippen LogP contribution in [0, 0.1) is 0 Å². The van der Waals surface area contributed by atoms with Crippen LogP contribution in [0.5, 0.6) is 0 Å². The van der Waals surface area contributed by atoms with Crippen molar-refractivity contribution in [1.82, 2.24) is 0 Å². The summed E-state index contributed by atoms with van der Waals surface area (Å²) in [5.41, 5.74) is 20.8. The Labute approximate surface area is 334 Å². The maximum atomic E-state index is 3.44. The van der Waals surface area contributed by atoms with Crippen molar-refractivity contribution in [3.05, 3.63) is 263 Å². The third-order valence-corrected chi connectivity index (χ3v) is 12.2. The fraction of sp³-hybridized carbons (Fsp3) is 0.0357. The Balaban J connectivity index is 0.922. The molecule has 0 bridgehead atoms. The predicted octanol–water partition coefficient (Wildman–Crippen LogP) is 13.9. The first kappa shape index (κ1) is 33.1. The van der Waals surface area contributed by atoms with Gasteiger partial charge in [0.2, 0.25) is 0 Å². The van der Waals surface area contributed by atoms with Crippen LogP contribution in [0.1, 0.15) is 44.5 Å². The molecular formula is C56H39N. The molecule has 0 heterocycles. The summed E-state index contributed by atoms with van der Waals surface area (Å²) in [5.74, 6) is 0. The zero-order chi connectivity index (χ0) is 37.8. The van der Waals surface area contributed by atoms with Crippen LogP contribution in [0.15, 0.2) is 218 Å². The molecule has 0 radical (unpaired) electrons. The Hall–Kier alpha value is -7.22. The number of rotatable bonds is 7. The molecule has 3 aliphatic rings. The van der Waals surface area contributed by atoms with Gasteiger partial charge in [-0.2, -0.15) is 0 Å². The highest BCUT2D eigenvalue weighted by atomic mass is 14.8. The van der Waals surface area contributed by atoms with Crippen molar-refractivity contribution in [2.45, 2.75) is 11.8 Å². The van der Waals surface area contributed by atoms with Gasteiger partial charge in [-0.05, 0) is 125 Å². The van der Waals surface area contributed by atoms with Gasteiger partial charge in [0.15, 0.2) is 0 Å². The lowest BCUT2D eigenvalue weighted by Crippen LogP contribution is -2.28. The van der Waals surface area contributed by atoms with Gasteiger partial charge in [-0.25, -0.2) is 0 Å². The van der Waals surface area contributed by atoms with Crippen LogP contribution in [0.25, 0.3) is 50.2 Å². The monoisotopic (exact) mass is 725 g/mol. The zero-order valence-corrected chi connectivity index (χ0v) is 31.5. The highest BCUT2D eigenvalue weighted by molar-refractivity contribution is 6.01. The molecule has 11 rings (SSSR count). The maximum absolute atomic E-state index is 3.44. The molecule has 1 heteroatoms. The van der Waals surface area contributed by atoms with E-state index in [1.807, 2.05) is 6.20 Å². The average molecular weight is 726 g/mol. The summed E-state index contributed by atoms with van der Waals surface area (Å²) < 4.78 is 0. The zero-order valence-electron chi connectivity index (χ0n) is 31.5. The van der Waals surface area contributed by atoms with E-state index in [2.05, 4.69) is 218 Å². The average Bonchev–Trinajstić information content (AvgIpc) is 3.90. The second-order valence-corrected chi connectivity index (χ2v) is 15.3. The lowest BCUT2D eigenvalue weighted by atomic mass is 9.68. The van der Waals surface area contributed by atoms with E-state index in [4.69, 9.17) is 0 Å². The van der Waals surface area contributed by atoms with Crippen molar-refractivity contribution in [3.63, 3.8) is 0 Å². The van der Waals surface area contributed by atoms with Gasteiger partial charge < -0.3 is 5.32 Å². The molecule has 0 fully saturated rings. The minimum atomic E-state index is -0.310. The van der Waals surface area contributed by atoms with Gasteiger partial charge in [0.05, 0.1) is 5.41 Å². The first-order valence-corrected chi connectivity index (χ1v) is 19.9. The second kappa shape index (κ2) is 13.5. The molecule has 1 nitrogen and oxygen atoms in total. The van der Waals surface area contributed by atoms with Crippen LogP contribution in [0.3, 0.4) is 0 Å². The SMILES string of the molecule is C(=C/c1ccc(-c2ccc3c(c2)C2(C4=C3c3ccccc3C4)c3ccccc3-c3ccccc32)cc1)/C(=C\C=C\Nc1ccc2ccccc2c1)c1ccccc1. The lowest BCUT2D eigenvalue weighted by molar-refractivity contribution is 0.745. The molecule has 8 aromatic rings. The summed E-state index contributed by atoms with van der Waals surface area (Å²) in [6.45, 7) is 0. The van der Waals surface area contributed by atoms with Crippen molar-refractivity contribution in [2.75, 3.05) is 5.32 Å². The number of hydrogen-bond donors (Lipinski definition) is 1. The first-order valence-electron chi connectivity index (χ1n) is 19.9. The molecule has 0 unspecified atom stereocenters. The molecule has 1 N–H and O–H groups in total. The fourth-order valence-corrected chi connectivity index (χ4v) is 9.68. The third kappa shape index (κ3) is 5.39. The summed E-state index contributed by atoms with van der Waals surface area (Å²) in [5, 5.41) is 5.91. The molecule has 1 spiro atoms. The van der Waals surface area contributed by atoms with E-state index in [1.54, 1.807) is 0 Å². The van der Waals surface area contributed by atoms with Crippen molar-refractivity contribution < 1.29 is 0 Å². The molecule has 268 valence electrons. The highest BCUT2D eigenvalue weighted by Crippen LogP contribution is 2.65. The number of anilines is 1. The summed E-state index contributed by atoms with van der Waals surface area (Å²) in [4.78, 5) is 0. The second-order valence-electron chi connectivity index (χ2n) is 15.3. The van der Waals surface area contributed by atoms with Gasteiger partial charge >= 0.3 is 0 Å². The number of fused-ring (bicyclic) bond motifs is 12. The Morgan fingerprint density at radius 3 is 1.96 bits per heavy atom. The van der Waals surface area contributed by atoms with Crippen molar-refractivity contribution >= 4 is 33.7 Å². The van der Waals surface area contributed by atoms with E-state index in [0.717, 1.165) is 23.2 Å². The van der Waals surface area contributed by atoms with Crippen LogP contribution >= 0.6 is 0 Å². The van der Waals surface area contributed by atoms with Gasteiger partial charge in [0.1, 0.15) is 0 Å². The normalized spacial score (nSPS) is 14.6. The van der Waals surface area contributed by atoms with Crippen LogP contribution < -0.4 is 5.32 Å². The Kier molecular flexibility index (Phi) is 7.86. The molecule has 8 aromatic carbocycles. The topological polar surface area (TPSA) is 12.0 Å². The van der Waals surface area contributed by atoms with Crippen LogP contribution in [0.2, 0.25) is 0 Å². The standard InChI is InChI=1S/C56H39N/c1-2-13-39(14-3-1)40(18-12-34-57-46-32-30-41-15-4-5-16-43(41)35-46)27-24-38-25-28-42(29-26-38)44-31-33-50-53(36-44)56(54-37-45-17-6-7-19-47(45)55(50)54)51-22-10-8-20-48(51)49-21-9-11-23-52(49)56/h1-36,57H,37H2/b27-24-,34-12+,40-18+. The van der Waals surface area contributed by atoms with E-state index in [-0.39, 0.29) is 5.41 Å². The highest BCUT2D eigenvalue weighted by Gasteiger charge is 2.54. The van der Waals surface area contributed by atoms with E-state index >= 15 is 0 Å². The third-order valence-electron chi connectivity index (χ3n) is 12.2. The first-order chi connectivity index (χ1) is 28.3. The van der Waals surface area contributed by atoms with Crippen LogP contribution in [-0.2, 0) is 11.8 Å². The molecule has 0 amide bonds. The van der Waals surface area contributed by atoms with Crippen molar-refractivity contribution in [1.29, 1.82) is 0 Å². The van der Waals surface area contributed by atoms with Crippen molar-refractivity contribution in [3.8, 4) is 22.3 Å². The van der Waals surface area contributed by atoms with E-state index < -0.39 is 0 Å². The number of hydrogen-bond acceptors (Lipinski definition) is 1. The number of allylic oxidation sites excluding steroid dienone is 5. The maximum Gasteiger partial charge on any atom is 0.0692 e. The molecule has 3 aliphatic carbocycles. The summed E-state index contributed by atoms with van der Waals surface area (Å²) in [6, 6.07) is 68.9. The molecule has 0 aliphatic heterocycles. The van der Waals surface area contributed by atoms with Crippen LogP contribution in [-0.4, -0.2) is 0 Å². The van der Waals surface area contributed by atoms with E-state index in [9.17, 15) is 0 Å². The van der Waals surface area contributed by atoms with E-state index in [0.29, 0.717) is 0 Å². The largest absolute Gasteiger partial charge is 0.362 e. The number of benzene rings is 8. The molecular weight excluding hydrogens is 687 g/mol. The molecule has 0 saturated heterocycles. The van der Waals surface area contributed by atoms with Crippen molar-refractivity contribution in [2.24, 2.45) is 0 Å². The molecule has 0 atom stereocenters. The Bertz CT molecular complexity index is 2950. The molecule has 57 heavy (non-hydrogen) atoms. The van der Waals surface area contributed by atoms with E-state index in [1.165, 1.54) is 83.1 Å². The van der Waals surface area contributed by atoms with Gasteiger partial charge in [0, 0.05) is 11.9 Å². The van der Waals surface area contributed by atoms with Gasteiger partial charge in [-0.15, -0.1) is 0 Å². The Morgan fingerprint density at radius 2 is 1.18 bits per heavy atom. The predicted molar refractivity (Wildman–Crippen MR) is 240 cm³/mol. The Morgan fingerprint density at radius 1 is 0.509 bits per heavy atom. The summed E-state index contributed by atoms with van der Waals surface area (Å²) in [6.07, 6.45) is 11.6. The quantitative estimate of drug-likeness (QED) is 0.161. The van der Waals surface area contributed by atoms with Gasteiger partial charge in [0.25, 0.3) is 0 Å². The van der Waals surface area contributed by atoms with Gasteiger partial charge in [-0.3, -0.25) is 0 Å². The fourth-order valence-electron chi connectivity index (χ4n) is 9.68. The minimum absolute atomic E-state index is 0.310. The minimum Gasteiger partial charge on any atom is -0.362 e. The summed E-state index contributed by atoms with van der Waals surface area (Å²) in [7, 11) is 0. The molecule has 0 saturated carbocycles.